The normalized spacial score (nSPS) is 21.7. The highest BCUT2D eigenvalue weighted by molar-refractivity contribution is 5.82. The van der Waals surface area contributed by atoms with Crippen molar-refractivity contribution in [2.24, 2.45) is 16.6 Å². The number of carbonyl (C=O) groups is 1. The van der Waals surface area contributed by atoms with E-state index in [0.29, 0.717) is 12.0 Å². The van der Waals surface area contributed by atoms with E-state index >= 15 is 0 Å². The monoisotopic (exact) mass is 226 g/mol. The van der Waals surface area contributed by atoms with E-state index in [2.05, 4.69) is 13.8 Å². The molecule has 1 rings (SSSR count). The summed E-state index contributed by atoms with van der Waals surface area (Å²) < 4.78 is 0. The molecule has 1 aliphatic heterocycles. The van der Waals surface area contributed by atoms with Crippen LogP contribution in [0.3, 0.4) is 0 Å². The highest BCUT2D eigenvalue weighted by Crippen LogP contribution is 2.31. The zero-order valence-electron chi connectivity index (χ0n) is 11.2. The van der Waals surface area contributed by atoms with Crippen molar-refractivity contribution in [1.82, 2.24) is 4.90 Å². The number of rotatable bonds is 2. The second kappa shape index (κ2) is 4.74. The summed E-state index contributed by atoms with van der Waals surface area (Å²) in [4.78, 5) is 14.3. The standard InChI is InChI=1S/C13H26N2O/c1-12(2)6-5-8-15(9-7-12)11(16)13(3,4)10-14/h5-10,14H2,1-4H3. The second-order valence-corrected chi connectivity index (χ2v) is 6.40. The van der Waals surface area contributed by atoms with Gasteiger partial charge in [0.1, 0.15) is 0 Å². The summed E-state index contributed by atoms with van der Waals surface area (Å²) in [6.07, 6.45) is 3.42. The van der Waals surface area contributed by atoms with Crippen LogP contribution in [0.4, 0.5) is 0 Å². The molecule has 1 heterocycles. The lowest BCUT2D eigenvalue weighted by molar-refractivity contribution is -0.139. The lowest BCUT2D eigenvalue weighted by Crippen LogP contribution is -2.45. The maximum Gasteiger partial charge on any atom is 0.229 e. The molecule has 0 spiro atoms. The number of amides is 1. The molecule has 3 heteroatoms. The Balaban J connectivity index is 2.65. The van der Waals surface area contributed by atoms with Gasteiger partial charge in [0.05, 0.1) is 5.41 Å². The molecular formula is C13H26N2O. The Bertz CT molecular complexity index is 259. The Kier molecular flexibility index (Phi) is 4.00. The Hall–Kier alpha value is -0.570. The van der Waals surface area contributed by atoms with Crippen LogP contribution in [0.1, 0.15) is 47.0 Å². The van der Waals surface area contributed by atoms with Gasteiger partial charge >= 0.3 is 0 Å². The summed E-state index contributed by atoms with van der Waals surface area (Å²) in [5.41, 5.74) is 5.63. The van der Waals surface area contributed by atoms with Crippen molar-refractivity contribution in [3.05, 3.63) is 0 Å². The molecule has 1 fully saturated rings. The van der Waals surface area contributed by atoms with E-state index in [9.17, 15) is 4.79 Å². The molecule has 0 aromatic rings. The quantitative estimate of drug-likeness (QED) is 0.783. The van der Waals surface area contributed by atoms with E-state index in [1.54, 1.807) is 0 Å². The van der Waals surface area contributed by atoms with Gasteiger partial charge in [-0.15, -0.1) is 0 Å². The van der Waals surface area contributed by atoms with Crippen LogP contribution in [0.5, 0.6) is 0 Å². The van der Waals surface area contributed by atoms with Crippen molar-refractivity contribution in [2.45, 2.75) is 47.0 Å². The summed E-state index contributed by atoms with van der Waals surface area (Å²) in [7, 11) is 0. The number of likely N-dealkylation sites (tertiary alicyclic amines) is 1. The molecule has 0 bridgehead atoms. The van der Waals surface area contributed by atoms with Crippen LogP contribution in [0.15, 0.2) is 0 Å². The van der Waals surface area contributed by atoms with Crippen LogP contribution in [-0.2, 0) is 4.79 Å². The first kappa shape index (κ1) is 13.5. The predicted molar refractivity (Wildman–Crippen MR) is 67.0 cm³/mol. The third kappa shape index (κ3) is 3.21. The van der Waals surface area contributed by atoms with Gasteiger partial charge in [0.15, 0.2) is 0 Å². The van der Waals surface area contributed by atoms with Crippen LogP contribution in [0.2, 0.25) is 0 Å². The lowest BCUT2D eigenvalue weighted by Gasteiger charge is -2.30. The largest absolute Gasteiger partial charge is 0.342 e. The van der Waals surface area contributed by atoms with Gasteiger partial charge in [-0.05, 0) is 38.5 Å². The zero-order valence-corrected chi connectivity index (χ0v) is 11.2. The predicted octanol–water partition coefficient (Wildman–Crippen LogP) is 2.01. The number of nitrogens with two attached hydrogens (primary N) is 1. The minimum Gasteiger partial charge on any atom is -0.342 e. The maximum absolute atomic E-state index is 12.3. The molecule has 1 aliphatic rings. The number of nitrogens with zero attached hydrogens (tertiary/aromatic N) is 1. The molecule has 16 heavy (non-hydrogen) atoms. The fraction of sp³-hybridized carbons (Fsp3) is 0.923. The number of carbonyl (C=O) groups excluding carboxylic acids is 1. The first-order valence-corrected chi connectivity index (χ1v) is 6.28. The van der Waals surface area contributed by atoms with Crippen molar-refractivity contribution < 1.29 is 4.79 Å². The fourth-order valence-corrected chi connectivity index (χ4v) is 2.14. The lowest BCUT2D eigenvalue weighted by atomic mass is 9.85. The minimum atomic E-state index is -0.408. The van der Waals surface area contributed by atoms with E-state index in [4.69, 9.17) is 5.73 Å². The molecule has 0 aliphatic carbocycles. The summed E-state index contributed by atoms with van der Waals surface area (Å²) in [6.45, 7) is 10.6. The van der Waals surface area contributed by atoms with Crippen LogP contribution in [0.25, 0.3) is 0 Å². The first-order valence-electron chi connectivity index (χ1n) is 6.28. The van der Waals surface area contributed by atoms with Gasteiger partial charge in [0.2, 0.25) is 5.91 Å². The van der Waals surface area contributed by atoms with Crippen LogP contribution in [0, 0.1) is 10.8 Å². The molecule has 1 saturated heterocycles. The average molecular weight is 226 g/mol. The Morgan fingerprint density at radius 2 is 1.94 bits per heavy atom. The van der Waals surface area contributed by atoms with Gasteiger partial charge in [-0.1, -0.05) is 13.8 Å². The summed E-state index contributed by atoms with van der Waals surface area (Å²) in [6, 6.07) is 0. The number of hydrogen-bond acceptors (Lipinski definition) is 2. The van der Waals surface area contributed by atoms with E-state index < -0.39 is 5.41 Å². The van der Waals surface area contributed by atoms with Gasteiger partial charge in [0, 0.05) is 19.6 Å². The smallest absolute Gasteiger partial charge is 0.229 e. The van der Waals surface area contributed by atoms with E-state index in [-0.39, 0.29) is 5.91 Å². The summed E-state index contributed by atoms with van der Waals surface area (Å²) in [5, 5.41) is 0. The second-order valence-electron chi connectivity index (χ2n) is 6.40. The minimum absolute atomic E-state index is 0.215. The Morgan fingerprint density at radius 3 is 2.50 bits per heavy atom. The van der Waals surface area contributed by atoms with Crippen LogP contribution < -0.4 is 5.73 Å². The van der Waals surface area contributed by atoms with Gasteiger partial charge in [-0.3, -0.25) is 4.79 Å². The van der Waals surface area contributed by atoms with Crippen LogP contribution >= 0.6 is 0 Å². The third-order valence-electron chi connectivity index (χ3n) is 3.72. The molecule has 0 aromatic carbocycles. The van der Waals surface area contributed by atoms with Gasteiger partial charge < -0.3 is 10.6 Å². The average Bonchev–Trinajstić information content (AvgIpc) is 2.38. The Morgan fingerprint density at radius 1 is 1.31 bits per heavy atom. The highest BCUT2D eigenvalue weighted by Gasteiger charge is 2.33. The molecule has 2 N–H and O–H groups in total. The van der Waals surface area contributed by atoms with E-state index in [1.165, 1.54) is 6.42 Å². The molecule has 0 radical (unpaired) electrons. The Labute approximate surface area is 99.4 Å². The van der Waals surface area contributed by atoms with Crippen molar-refractivity contribution in [1.29, 1.82) is 0 Å². The molecule has 0 aromatic heterocycles. The van der Waals surface area contributed by atoms with Crippen molar-refractivity contribution in [3.8, 4) is 0 Å². The van der Waals surface area contributed by atoms with Crippen molar-refractivity contribution in [3.63, 3.8) is 0 Å². The van der Waals surface area contributed by atoms with Crippen molar-refractivity contribution >= 4 is 5.91 Å². The summed E-state index contributed by atoms with van der Waals surface area (Å²) in [5.74, 6) is 0.215. The summed E-state index contributed by atoms with van der Waals surface area (Å²) >= 11 is 0. The van der Waals surface area contributed by atoms with Gasteiger partial charge in [-0.25, -0.2) is 0 Å². The molecule has 0 saturated carbocycles. The fourth-order valence-electron chi connectivity index (χ4n) is 2.14. The maximum atomic E-state index is 12.3. The van der Waals surface area contributed by atoms with Gasteiger partial charge in [0.25, 0.3) is 0 Å². The SMILES string of the molecule is CC1(C)CCCN(C(=O)C(C)(C)CN)CC1. The molecular weight excluding hydrogens is 200 g/mol. The molecule has 3 nitrogen and oxygen atoms in total. The zero-order chi connectivity index (χ0) is 12.4. The molecule has 94 valence electrons. The first-order chi connectivity index (χ1) is 7.28. The highest BCUT2D eigenvalue weighted by atomic mass is 16.2. The number of hydrogen-bond donors (Lipinski definition) is 1. The van der Waals surface area contributed by atoms with E-state index in [0.717, 1.165) is 25.9 Å². The molecule has 0 unspecified atom stereocenters. The van der Waals surface area contributed by atoms with E-state index in [1.807, 2.05) is 18.7 Å². The third-order valence-corrected chi connectivity index (χ3v) is 3.72. The van der Waals surface area contributed by atoms with Gasteiger partial charge in [-0.2, -0.15) is 0 Å². The van der Waals surface area contributed by atoms with Crippen molar-refractivity contribution in [2.75, 3.05) is 19.6 Å². The van der Waals surface area contributed by atoms with Crippen LogP contribution in [-0.4, -0.2) is 30.4 Å². The molecule has 0 atom stereocenters. The topological polar surface area (TPSA) is 46.3 Å². The molecule has 1 amide bonds.